The summed E-state index contributed by atoms with van der Waals surface area (Å²) >= 11 is 0. The summed E-state index contributed by atoms with van der Waals surface area (Å²) in [6, 6.07) is 0. The third-order valence-electron chi connectivity index (χ3n) is 1.61. The first-order chi connectivity index (χ1) is 5.65. The van der Waals surface area contributed by atoms with Crippen LogP contribution in [0.15, 0.2) is 35.3 Å². The minimum Gasteiger partial charge on any atom is -0.495 e. The van der Waals surface area contributed by atoms with Gasteiger partial charge in [-0.15, -0.1) is 0 Å². The predicted molar refractivity (Wildman–Crippen MR) is 52.5 cm³/mol. The molecule has 0 rings (SSSR count). The number of methoxy groups -OCH3 is 1. The molecule has 0 atom stereocenters. The van der Waals surface area contributed by atoms with Crippen LogP contribution in [0, 0.1) is 0 Å². The lowest BCUT2D eigenvalue weighted by molar-refractivity contribution is 0.299. The molecule has 0 aliphatic heterocycles. The highest BCUT2D eigenvalue weighted by Crippen LogP contribution is 2.07. The highest BCUT2D eigenvalue weighted by atomic mass is 16.5. The lowest BCUT2D eigenvalue weighted by Crippen LogP contribution is -2.02. The first-order valence-electron chi connectivity index (χ1n) is 3.96. The van der Waals surface area contributed by atoms with Crippen LogP contribution in [0.4, 0.5) is 0 Å². The maximum Gasteiger partial charge on any atom is 0.137 e. The Bertz CT molecular complexity index is 224. The molecule has 0 amide bonds. The van der Waals surface area contributed by atoms with Crippen LogP contribution in [-0.2, 0) is 4.74 Å². The average Bonchev–Trinajstić information content (AvgIpc) is 2.06. The van der Waals surface area contributed by atoms with E-state index in [-0.39, 0.29) is 0 Å². The summed E-state index contributed by atoms with van der Waals surface area (Å²) in [4.78, 5) is 0. The molecule has 0 saturated heterocycles. The van der Waals surface area contributed by atoms with E-state index in [1.54, 1.807) is 7.11 Å². The summed E-state index contributed by atoms with van der Waals surface area (Å²) in [5, 5.41) is 0. The van der Waals surface area contributed by atoms with Gasteiger partial charge in [0.2, 0.25) is 0 Å². The van der Waals surface area contributed by atoms with Gasteiger partial charge in [0.25, 0.3) is 0 Å². The Morgan fingerprint density at radius 2 is 1.83 bits per heavy atom. The van der Waals surface area contributed by atoms with Crippen molar-refractivity contribution in [3.63, 3.8) is 0 Å². The van der Waals surface area contributed by atoms with Crippen molar-refractivity contribution in [2.45, 2.75) is 20.8 Å². The predicted octanol–water partition coefficient (Wildman–Crippen LogP) is 2.35. The van der Waals surface area contributed by atoms with Gasteiger partial charge in [0.05, 0.1) is 12.8 Å². The summed E-state index contributed by atoms with van der Waals surface area (Å²) in [6.45, 7) is 5.86. The van der Waals surface area contributed by atoms with Crippen molar-refractivity contribution in [1.82, 2.24) is 0 Å². The van der Waals surface area contributed by atoms with Gasteiger partial charge in [-0.05, 0) is 32.9 Å². The Morgan fingerprint density at radius 1 is 1.25 bits per heavy atom. The standard InChI is InChI=1S/C10H17NO/c1-5-8(3)7-9(11)10(6-2)12-4/h5-7H,11H2,1-4H3/b8-5-,9-7+,10-6+. The molecule has 12 heavy (non-hydrogen) atoms. The maximum absolute atomic E-state index is 5.74. The second-order valence-electron chi connectivity index (χ2n) is 2.49. The Labute approximate surface area is 74.4 Å². The van der Waals surface area contributed by atoms with Gasteiger partial charge >= 0.3 is 0 Å². The van der Waals surface area contributed by atoms with Crippen LogP contribution in [0.1, 0.15) is 20.8 Å². The monoisotopic (exact) mass is 167 g/mol. The molecule has 0 radical (unpaired) electrons. The fourth-order valence-electron chi connectivity index (χ4n) is 0.802. The third kappa shape index (κ3) is 3.28. The van der Waals surface area contributed by atoms with E-state index in [0.717, 1.165) is 11.3 Å². The molecule has 0 aliphatic rings. The largest absolute Gasteiger partial charge is 0.495 e. The van der Waals surface area contributed by atoms with Gasteiger partial charge in [-0.3, -0.25) is 0 Å². The summed E-state index contributed by atoms with van der Waals surface area (Å²) in [5.41, 5.74) is 7.53. The lowest BCUT2D eigenvalue weighted by atomic mass is 10.2. The molecule has 0 unspecified atom stereocenters. The molecule has 2 N–H and O–H groups in total. The molecule has 0 bridgehead atoms. The maximum atomic E-state index is 5.74. The van der Waals surface area contributed by atoms with Gasteiger partial charge in [-0.25, -0.2) is 0 Å². The summed E-state index contributed by atoms with van der Waals surface area (Å²) in [7, 11) is 1.61. The Balaban J connectivity index is 4.57. The summed E-state index contributed by atoms with van der Waals surface area (Å²) in [6.07, 6.45) is 5.73. The van der Waals surface area contributed by atoms with Crippen molar-refractivity contribution in [3.05, 3.63) is 35.3 Å². The molecule has 0 aromatic rings. The van der Waals surface area contributed by atoms with Crippen LogP contribution in [-0.4, -0.2) is 7.11 Å². The second kappa shape index (κ2) is 5.47. The molecule has 0 fully saturated rings. The second-order valence-corrected chi connectivity index (χ2v) is 2.49. The number of allylic oxidation sites excluding steroid dienone is 4. The lowest BCUT2D eigenvalue weighted by Gasteiger charge is -2.05. The van der Waals surface area contributed by atoms with E-state index in [0.29, 0.717) is 5.70 Å². The van der Waals surface area contributed by atoms with Crippen molar-refractivity contribution in [2.24, 2.45) is 5.73 Å². The van der Waals surface area contributed by atoms with Gasteiger partial charge in [0, 0.05) is 0 Å². The first-order valence-corrected chi connectivity index (χ1v) is 3.96. The molecule has 0 saturated carbocycles. The topological polar surface area (TPSA) is 35.2 Å². The van der Waals surface area contributed by atoms with Crippen molar-refractivity contribution in [1.29, 1.82) is 0 Å². The van der Waals surface area contributed by atoms with E-state index in [4.69, 9.17) is 10.5 Å². The van der Waals surface area contributed by atoms with Crippen LogP contribution >= 0.6 is 0 Å². The van der Waals surface area contributed by atoms with Crippen LogP contribution in [0.2, 0.25) is 0 Å². The highest BCUT2D eigenvalue weighted by Gasteiger charge is 1.97. The van der Waals surface area contributed by atoms with Crippen LogP contribution in [0.5, 0.6) is 0 Å². The van der Waals surface area contributed by atoms with E-state index < -0.39 is 0 Å². The number of ether oxygens (including phenoxy) is 1. The van der Waals surface area contributed by atoms with Crippen molar-refractivity contribution in [3.8, 4) is 0 Å². The molecule has 0 aromatic carbocycles. The van der Waals surface area contributed by atoms with Gasteiger partial charge in [-0.2, -0.15) is 0 Å². The molecule has 0 aliphatic carbocycles. The van der Waals surface area contributed by atoms with E-state index in [9.17, 15) is 0 Å². The summed E-state index contributed by atoms with van der Waals surface area (Å²) < 4.78 is 5.05. The molecular formula is C10H17NO. The van der Waals surface area contributed by atoms with Gasteiger partial charge in [0.15, 0.2) is 0 Å². The minimum absolute atomic E-state index is 0.663. The first kappa shape index (κ1) is 10.8. The van der Waals surface area contributed by atoms with E-state index in [1.807, 2.05) is 39.0 Å². The quantitative estimate of drug-likeness (QED) is 0.517. The zero-order valence-electron chi connectivity index (χ0n) is 8.22. The molecule has 0 spiro atoms. The molecule has 0 aromatic heterocycles. The Hall–Kier alpha value is -1.18. The van der Waals surface area contributed by atoms with Gasteiger partial charge in [0.1, 0.15) is 5.76 Å². The van der Waals surface area contributed by atoms with E-state index in [1.165, 1.54) is 0 Å². The number of nitrogens with two attached hydrogens (primary N) is 1. The average molecular weight is 167 g/mol. The molecular weight excluding hydrogens is 150 g/mol. The third-order valence-corrected chi connectivity index (χ3v) is 1.61. The zero-order chi connectivity index (χ0) is 9.56. The fourth-order valence-corrected chi connectivity index (χ4v) is 0.802. The smallest absolute Gasteiger partial charge is 0.137 e. The van der Waals surface area contributed by atoms with Gasteiger partial charge in [-0.1, -0.05) is 11.6 Å². The number of rotatable bonds is 3. The Kier molecular flexibility index (Phi) is 4.93. The molecule has 2 nitrogen and oxygen atoms in total. The number of hydrogen-bond acceptors (Lipinski definition) is 2. The van der Waals surface area contributed by atoms with Crippen molar-refractivity contribution < 1.29 is 4.74 Å². The SMILES string of the molecule is C\C=C(C)/C=C(N)\C(=C/C)OC. The highest BCUT2D eigenvalue weighted by molar-refractivity contribution is 5.30. The van der Waals surface area contributed by atoms with Crippen LogP contribution < -0.4 is 5.73 Å². The molecule has 0 heterocycles. The van der Waals surface area contributed by atoms with Crippen molar-refractivity contribution >= 4 is 0 Å². The van der Waals surface area contributed by atoms with E-state index in [2.05, 4.69) is 0 Å². The van der Waals surface area contributed by atoms with E-state index >= 15 is 0 Å². The molecule has 2 heteroatoms. The molecule has 68 valence electrons. The minimum atomic E-state index is 0.663. The van der Waals surface area contributed by atoms with Gasteiger partial charge < -0.3 is 10.5 Å². The van der Waals surface area contributed by atoms with Crippen LogP contribution in [0.3, 0.4) is 0 Å². The normalized spacial score (nSPS) is 14.8. The van der Waals surface area contributed by atoms with Crippen molar-refractivity contribution in [2.75, 3.05) is 7.11 Å². The zero-order valence-corrected chi connectivity index (χ0v) is 8.22. The fraction of sp³-hybridized carbons (Fsp3) is 0.400. The van der Waals surface area contributed by atoms with Crippen LogP contribution in [0.25, 0.3) is 0 Å². The number of hydrogen-bond donors (Lipinski definition) is 1. The Morgan fingerprint density at radius 3 is 2.17 bits per heavy atom. The summed E-state index contributed by atoms with van der Waals surface area (Å²) in [5.74, 6) is 0.719.